The van der Waals surface area contributed by atoms with Crippen LogP contribution in [0.3, 0.4) is 0 Å². The van der Waals surface area contributed by atoms with E-state index >= 15 is 0 Å². The number of hydrogen-bond acceptors (Lipinski definition) is 4. The molecule has 0 aliphatic heterocycles. The number of hydrogen-bond donors (Lipinski definition) is 2. The van der Waals surface area contributed by atoms with Gasteiger partial charge in [-0.15, -0.1) is 0 Å². The van der Waals surface area contributed by atoms with Crippen LogP contribution in [0.1, 0.15) is 23.1 Å². The van der Waals surface area contributed by atoms with Crippen LogP contribution in [0.15, 0.2) is 24.3 Å². The van der Waals surface area contributed by atoms with E-state index in [-0.39, 0.29) is 19.1 Å². The van der Waals surface area contributed by atoms with Crippen LogP contribution in [-0.4, -0.2) is 33.9 Å². The number of aliphatic hydroxyl groups is 1. The van der Waals surface area contributed by atoms with E-state index in [0.717, 1.165) is 11.4 Å². The molecule has 6 nitrogen and oxygen atoms in total. The summed E-state index contributed by atoms with van der Waals surface area (Å²) in [5.74, 6) is 0.307. The smallest absolute Gasteiger partial charge is 0.258 e. The predicted octanol–water partition coefficient (Wildman–Crippen LogP) is 1.92. The lowest BCUT2D eigenvalue weighted by atomic mass is 10.1. The quantitative estimate of drug-likeness (QED) is 0.844. The fraction of sp³-hybridized carbons (Fsp3) is 0.375. The highest BCUT2D eigenvalue weighted by molar-refractivity contribution is 6.30. The Kier molecular flexibility index (Phi) is 5.63. The number of aromatic nitrogens is 2. The molecule has 2 aromatic rings. The van der Waals surface area contributed by atoms with Crippen molar-refractivity contribution < 1.29 is 14.6 Å². The molecule has 0 bridgehead atoms. The van der Waals surface area contributed by atoms with E-state index in [1.807, 2.05) is 20.9 Å². The van der Waals surface area contributed by atoms with Crippen LogP contribution in [0.2, 0.25) is 5.02 Å². The monoisotopic (exact) mass is 337 g/mol. The lowest BCUT2D eigenvalue weighted by molar-refractivity contribution is -0.123. The number of benzene rings is 1. The summed E-state index contributed by atoms with van der Waals surface area (Å²) in [6.45, 7) is 3.68. The molecular formula is C16H20ClN3O3. The molecule has 2 N–H and O–H groups in total. The maximum atomic E-state index is 11.8. The Balaban J connectivity index is 1.82. The van der Waals surface area contributed by atoms with Gasteiger partial charge in [0.05, 0.1) is 11.8 Å². The van der Waals surface area contributed by atoms with Crippen molar-refractivity contribution in [3.63, 3.8) is 0 Å². The maximum absolute atomic E-state index is 11.8. The van der Waals surface area contributed by atoms with Gasteiger partial charge in [-0.1, -0.05) is 23.7 Å². The zero-order valence-corrected chi connectivity index (χ0v) is 14.1. The number of aliphatic hydroxyl groups excluding tert-OH is 1. The summed E-state index contributed by atoms with van der Waals surface area (Å²) in [4.78, 5) is 11.8. The second-order valence-electron chi connectivity index (χ2n) is 5.28. The molecule has 0 aliphatic carbocycles. The number of aryl methyl sites for hydroxylation is 2. The van der Waals surface area contributed by atoms with Gasteiger partial charge in [0.1, 0.15) is 5.69 Å². The first-order valence-electron chi connectivity index (χ1n) is 7.21. The summed E-state index contributed by atoms with van der Waals surface area (Å²) >= 11 is 5.80. The van der Waals surface area contributed by atoms with Gasteiger partial charge in [-0.05, 0) is 31.5 Å². The van der Waals surface area contributed by atoms with Gasteiger partial charge < -0.3 is 15.2 Å². The molecule has 1 amide bonds. The molecule has 0 radical (unpaired) electrons. The third-order valence-corrected chi connectivity index (χ3v) is 3.79. The SMILES string of the molecule is Cc1nn(C)c(C)c1OCC(=O)NCC(O)c1ccc(Cl)cc1. The van der Waals surface area contributed by atoms with Crippen molar-refractivity contribution in [1.82, 2.24) is 15.1 Å². The van der Waals surface area contributed by atoms with Crippen molar-refractivity contribution in [1.29, 1.82) is 0 Å². The van der Waals surface area contributed by atoms with Gasteiger partial charge in [0.2, 0.25) is 0 Å². The van der Waals surface area contributed by atoms with Gasteiger partial charge in [0.15, 0.2) is 12.4 Å². The Morgan fingerprint density at radius 1 is 1.39 bits per heavy atom. The van der Waals surface area contributed by atoms with Gasteiger partial charge in [-0.3, -0.25) is 9.48 Å². The normalized spacial score (nSPS) is 12.0. The van der Waals surface area contributed by atoms with E-state index in [1.165, 1.54) is 0 Å². The first kappa shape index (κ1) is 17.3. The standard InChI is InChI=1S/C16H20ClN3O3/c1-10-16(11(2)20(3)19-10)23-9-15(22)18-8-14(21)12-4-6-13(17)7-5-12/h4-7,14,21H,8-9H2,1-3H3,(H,18,22). The molecule has 2 rings (SSSR count). The third kappa shape index (κ3) is 4.46. The van der Waals surface area contributed by atoms with E-state index in [1.54, 1.807) is 28.9 Å². The van der Waals surface area contributed by atoms with Crippen LogP contribution in [0, 0.1) is 13.8 Å². The van der Waals surface area contributed by atoms with Gasteiger partial charge >= 0.3 is 0 Å². The number of amides is 1. The third-order valence-electron chi connectivity index (χ3n) is 3.54. The largest absolute Gasteiger partial charge is 0.480 e. The summed E-state index contributed by atoms with van der Waals surface area (Å²) < 4.78 is 7.21. The molecule has 1 atom stereocenters. The lowest BCUT2D eigenvalue weighted by Gasteiger charge is -2.13. The van der Waals surface area contributed by atoms with Crippen LogP contribution in [0.5, 0.6) is 5.75 Å². The summed E-state index contributed by atoms with van der Waals surface area (Å²) in [5.41, 5.74) is 2.28. The molecule has 0 aliphatic rings. The van der Waals surface area contributed by atoms with Crippen LogP contribution >= 0.6 is 11.6 Å². The number of halogens is 1. The first-order valence-corrected chi connectivity index (χ1v) is 7.59. The summed E-state index contributed by atoms with van der Waals surface area (Å²) in [6, 6.07) is 6.83. The molecule has 7 heteroatoms. The second-order valence-corrected chi connectivity index (χ2v) is 5.72. The molecule has 1 aromatic carbocycles. The van der Waals surface area contributed by atoms with Crippen LogP contribution < -0.4 is 10.1 Å². The predicted molar refractivity (Wildman–Crippen MR) is 87.6 cm³/mol. The Labute approximate surface area is 140 Å². The zero-order valence-electron chi connectivity index (χ0n) is 13.3. The van der Waals surface area contributed by atoms with Crippen molar-refractivity contribution in [2.75, 3.05) is 13.2 Å². The van der Waals surface area contributed by atoms with Gasteiger partial charge in [0.25, 0.3) is 5.91 Å². The van der Waals surface area contributed by atoms with E-state index in [2.05, 4.69) is 10.4 Å². The Hall–Kier alpha value is -2.05. The molecule has 1 aromatic heterocycles. The van der Waals surface area contributed by atoms with Gasteiger partial charge in [0, 0.05) is 18.6 Å². The molecule has 124 valence electrons. The molecule has 1 unspecified atom stereocenters. The van der Waals surface area contributed by atoms with E-state index in [4.69, 9.17) is 16.3 Å². The second kappa shape index (κ2) is 7.48. The molecule has 0 saturated heterocycles. The van der Waals surface area contributed by atoms with Crippen molar-refractivity contribution in [3.8, 4) is 5.75 Å². The van der Waals surface area contributed by atoms with Crippen molar-refractivity contribution in [2.24, 2.45) is 7.05 Å². The average molecular weight is 338 g/mol. The Morgan fingerprint density at radius 2 is 2.04 bits per heavy atom. The van der Waals surface area contributed by atoms with E-state index < -0.39 is 6.10 Å². The number of carbonyl (C=O) groups excluding carboxylic acids is 1. The maximum Gasteiger partial charge on any atom is 0.258 e. The molecular weight excluding hydrogens is 318 g/mol. The fourth-order valence-corrected chi connectivity index (χ4v) is 2.29. The summed E-state index contributed by atoms with van der Waals surface area (Å²) in [6.07, 6.45) is -0.793. The Bertz CT molecular complexity index is 683. The molecule has 0 saturated carbocycles. The molecule has 23 heavy (non-hydrogen) atoms. The minimum Gasteiger partial charge on any atom is -0.480 e. The lowest BCUT2D eigenvalue weighted by Crippen LogP contribution is -2.32. The molecule has 0 fully saturated rings. The minimum atomic E-state index is -0.793. The van der Waals surface area contributed by atoms with E-state index in [0.29, 0.717) is 16.3 Å². The van der Waals surface area contributed by atoms with Crippen LogP contribution in [0.4, 0.5) is 0 Å². The van der Waals surface area contributed by atoms with Crippen molar-refractivity contribution in [3.05, 3.63) is 46.2 Å². The van der Waals surface area contributed by atoms with Crippen LogP contribution in [-0.2, 0) is 11.8 Å². The fourth-order valence-electron chi connectivity index (χ4n) is 2.17. The van der Waals surface area contributed by atoms with Crippen molar-refractivity contribution in [2.45, 2.75) is 20.0 Å². The number of ether oxygens (including phenoxy) is 1. The number of carbonyl (C=O) groups is 1. The number of nitrogens with one attached hydrogen (secondary N) is 1. The van der Waals surface area contributed by atoms with Crippen molar-refractivity contribution >= 4 is 17.5 Å². The Morgan fingerprint density at radius 3 is 2.61 bits per heavy atom. The van der Waals surface area contributed by atoms with E-state index in [9.17, 15) is 9.90 Å². The van der Waals surface area contributed by atoms with Gasteiger partial charge in [-0.25, -0.2) is 0 Å². The summed E-state index contributed by atoms with van der Waals surface area (Å²) in [5, 5.41) is 17.5. The average Bonchev–Trinajstić information content (AvgIpc) is 2.76. The highest BCUT2D eigenvalue weighted by Gasteiger charge is 2.14. The highest BCUT2D eigenvalue weighted by Crippen LogP contribution is 2.21. The number of nitrogens with zero attached hydrogens (tertiary/aromatic N) is 2. The molecule has 1 heterocycles. The van der Waals surface area contributed by atoms with Gasteiger partial charge in [-0.2, -0.15) is 5.10 Å². The zero-order chi connectivity index (χ0) is 17.0. The topological polar surface area (TPSA) is 76.4 Å². The minimum absolute atomic E-state index is 0.106. The molecule has 0 spiro atoms. The number of rotatable bonds is 6. The highest BCUT2D eigenvalue weighted by atomic mass is 35.5. The van der Waals surface area contributed by atoms with Crippen LogP contribution in [0.25, 0.3) is 0 Å². The summed E-state index contributed by atoms with van der Waals surface area (Å²) in [7, 11) is 1.82. The first-order chi connectivity index (χ1) is 10.9.